The number of sulfonamides is 1. The Labute approximate surface area is 326 Å². The number of halogens is 7. The van der Waals surface area contributed by atoms with E-state index in [0.29, 0.717) is 10.7 Å². The number of fused-ring (bicyclic) bond motifs is 4. The van der Waals surface area contributed by atoms with Crippen LogP contribution >= 0.6 is 11.6 Å². The van der Waals surface area contributed by atoms with Gasteiger partial charge in [-0.3, -0.25) is 18.9 Å². The number of anilines is 2. The normalized spacial score (nSPS) is 17.6. The molecule has 57 heavy (non-hydrogen) atoms. The Balaban J connectivity index is 1.41. The molecule has 0 saturated heterocycles. The molecular formula is C37H33ClF6N8O4S. The fourth-order valence-corrected chi connectivity index (χ4v) is 8.05. The summed E-state index contributed by atoms with van der Waals surface area (Å²) in [7, 11) is -2.36. The Morgan fingerprint density at radius 3 is 2.44 bits per heavy atom. The zero-order valence-corrected chi connectivity index (χ0v) is 32.0. The van der Waals surface area contributed by atoms with Crippen LogP contribution in [0.3, 0.4) is 0 Å². The second-order valence-corrected chi connectivity index (χ2v) is 16.8. The molecule has 1 fully saturated rings. The van der Waals surface area contributed by atoms with Gasteiger partial charge in [0, 0.05) is 35.7 Å². The summed E-state index contributed by atoms with van der Waals surface area (Å²) in [5.41, 5.74) is 3.58. The molecule has 3 heterocycles. The molecule has 2 aliphatic rings. The molecule has 5 aromatic rings. The SMILES string of the molecule is Cn1nc(NS(C)(=O)=O)c2c(Cl)ccc(-c3cc(N)c(C#CC(C)(C)O)nc3[C@H](Cc3cc(F)cc(F)c3)NC(=O)Cn3nc(C(F)F)c4c3C(F)(F)[C@@H]3C[C@H]43)c21. The molecule has 7 rings (SSSR count). The van der Waals surface area contributed by atoms with Gasteiger partial charge < -0.3 is 16.2 Å². The number of nitrogen functional groups attached to an aromatic ring is 1. The van der Waals surface area contributed by atoms with Crippen molar-refractivity contribution in [3.8, 4) is 23.0 Å². The summed E-state index contributed by atoms with van der Waals surface area (Å²) in [5, 5.41) is 21.3. The van der Waals surface area contributed by atoms with Crippen LogP contribution in [0.5, 0.6) is 0 Å². The molecule has 12 nitrogen and oxygen atoms in total. The van der Waals surface area contributed by atoms with Crippen molar-refractivity contribution in [2.75, 3.05) is 16.7 Å². The maximum absolute atomic E-state index is 15.4. The van der Waals surface area contributed by atoms with Crippen molar-refractivity contribution in [3.63, 3.8) is 0 Å². The summed E-state index contributed by atoms with van der Waals surface area (Å²) in [5.74, 6) is -3.26. The fraction of sp³-hybridized carbons (Fsp3) is 0.351. The average Bonchev–Trinajstić information content (AvgIpc) is 3.62. The van der Waals surface area contributed by atoms with Crippen molar-refractivity contribution in [1.29, 1.82) is 0 Å². The molecule has 20 heteroatoms. The van der Waals surface area contributed by atoms with Crippen LogP contribution < -0.4 is 15.8 Å². The van der Waals surface area contributed by atoms with Crippen LogP contribution in [0, 0.1) is 29.4 Å². The Hall–Kier alpha value is -5.32. The molecule has 0 bridgehead atoms. The van der Waals surface area contributed by atoms with Gasteiger partial charge >= 0.3 is 0 Å². The molecule has 5 N–H and O–H groups in total. The molecule has 300 valence electrons. The summed E-state index contributed by atoms with van der Waals surface area (Å²) in [6.07, 6.45) is -2.64. The largest absolute Gasteiger partial charge is 0.396 e. The first-order chi connectivity index (χ1) is 26.5. The van der Waals surface area contributed by atoms with Crippen molar-refractivity contribution in [2.45, 2.75) is 63.1 Å². The predicted octanol–water partition coefficient (Wildman–Crippen LogP) is 6.09. The molecule has 0 unspecified atom stereocenters. The number of carbonyl (C=O) groups is 1. The standard InChI is InChI=1S/C37H33ClF6N8O4S/c1-36(2,54)8-7-25-24(45)14-20(19-5-6-23(38)29-32(19)51(3)49-35(29)50-57(4,55)56)30(47-25)26(11-16-9-17(39)12-18(40)10-16)46-27(53)15-52-33-28(31(48-52)34(41)42)21-13-22(21)37(33,43)44/h5-6,9-10,12,14,21-22,26,34,54H,11,13,15,45H2,1-4H3,(H,46,53)(H,49,50)/t21-,22+,26-/m0/s1. The number of aryl methyl sites for hydroxylation is 1. The first kappa shape index (κ1) is 39.9. The number of alkyl halides is 4. The van der Waals surface area contributed by atoms with Gasteiger partial charge in [-0.2, -0.15) is 19.0 Å². The summed E-state index contributed by atoms with van der Waals surface area (Å²) in [6, 6.07) is 5.65. The number of amides is 1. The molecular weight excluding hydrogens is 802 g/mol. The van der Waals surface area contributed by atoms with Crippen molar-refractivity contribution in [3.05, 3.63) is 87.0 Å². The highest BCUT2D eigenvalue weighted by molar-refractivity contribution is 7.92. The first-order valence-electron chi connectivity index (χ1n) is 17.2. The molecule has 2 aliphatic carbocycles. The maximum Gasteiger partial charge on any atom is 0.293 e. The minimum Gasteiger partial charge on any atom is -0.396 e. The number of nitrogens with zero attached hydrogens (tertiary/aromatic N) is 5. The Morgan fingerprint density at radius 1 is 1.12 bits per heavy atom. The second kappa shape index (κ2) is 14.0. The third-order valence-corrected chi connectivity index (χ3v) is 10.4. The van der Waals surface area contributed by atoms with Gasteiger partial charge in [0.15, 0.2) is 5.82 Å². The fourth-order valence-electron chi connectivity index (χ4n) is 7.31. The highest BCUT2D eigenvalue weighted by Crippen LogP contribution is 2.68. The van der Waals surface area contributed by atoms with Gasteiger partial charge in [0.1, 0.15) is 40.9 Å². The van der Waals surface area contributed by atoms with E-state index >= 15 is 8.78 Å². The number of aromatic nitrogens is 5. The van der Waals surface area contributed by atoms with E-state index in [2.05, 4.69) is 37.1 Å². The van der Waals surface area contributed by atoms with Gasteiger partial charge in [-0.25, -0.2) is 31.0 Å². The van der Waals surface area contributed by atoms with Crippen LogP contribution in [0.25, 0.3) is 22.0 Å². The molecule has 3 aromatic heterocycles. The predicted molar refractivity (Wildman–Crippen MR) is 198 cm³/mol. The number of nitrogens with one attached hydrogen (secondary N) is 2. The van der Waals surface area contributed by atoms with Gasteiger partial charge in [0.05, 0.1) is 39.6 Å². The van der Waals surface area contributed by atoms with Gasteiger partial charge in [0.2, 0.25) is 15.9 Å². The minimum absolute atomic E-state index is 0.00853. The van der Waals surface area contributed by atoms with Crippen molar-refractivity contribution >= 4 is 49.9 Å². The Bertz CT molecular complexity index is 2650. The lowest BCUT2D eigenvalue weighted by Gasteiger charge is -2.24. The number of hydrogen-bond donors (Lipinski definition) is 4. The van der Waals surface area contributed by atoms with E-state index in [9.17, 15) is 35.9 Å². The van der Waals surface area contributed by atoms with E-state index in [0.717, 1.165) is 18.4 Å². The van der Waals surface area contributed by atoms with Crippen molar-refractivity contribution in [1.82, 2.24) is 29.9 Å². The van der Waals surface area contributed by atoms with E-state index in [-0.39, 0.29) is 73.9 Å². The first-order valence-corrected chi connectivity index (χ1v) is 19.5. The molecule has 0 aliphatic heterocycles. The van der Waals surface area contributed by atoms with Crippen LogP contribution in [0.1, 0.15) is 72.6 Å². The lowest BCUT2D eigenvalue weighted by molar-refractivity contribution is -0.123. The third kappa shape index (κ3) is 7.73. The lowest BCUT2D eigenvalue weighted by atomic mass is 9.93. The monoisotopic (exact) mass is 834 g/mol. The third-order valence-electron chi connectivity index (χ3n) is 9.57. The lowest BCUT2D eigenvalue weighted by Crippen LogP contribution is -2.35. The summed E-state index contributed by atoms with van der Waals surface area (Å²) in [4.78, 5) is 18.6. The number of aliphatic hydroxyl groups is 1. The number of benzene rings is 2. The maximum atomic E-state index is 15.4. The minimum atomic E-state index is -3.86. The van der Waals surface area contributed by atoms with Crippen molar-refractivity contribution < 1.29 is 44.7 Å². The highest BCUT2D eigenvalue weighted by atomic mass is 35.5. The number of pyridine rings is 1. The highest BCUT2D eigenvalue weighted by Gasteiger charge is 2.67. The summed E-state index contributed by atoms with van der Waals surface area (Å²) in [6.45, 7) is 1.86. The molecule has 0 radical (unpaired) electrons. The van der Waals surface area contributed by atoms with Gasteiger partial charge in [-0.1, -0.05) is 23.6 Å². The zero-order chi connectivity index (χ0) is 41.5. The van der Waals surface area contributed by atoms with Gasteiger partial charge in [-0.15, -0.1) is 0 Å². The number of hydrogen-bond acceptors (Lipinski definition) is 8. The molecule has 3 atom stereocenters. The Kier molecular flexibility index (Phi) is 9.77. The summed E-state index contributed by atoms with van der Waals surface area (Å²) >= 11 is 6.58. The van der Waals surface area contributed by atoms with Gasteiger partial charge in [-0.05, 0) is 68.4 Å². The quantitative estimate of drug-likeness (QED) is 0.0969. The number of carbonyl (C=O) groups excluding carboxylic acids is 1. The molecule has 2 aromatic carbocycles. The topological polar surface area (TPSA) is 170 Å². The van der Waals surface area contributed by atoms with E-state index < -0.39 is 81.3 Å². The van der Waals surface area contributed by atoms with Crippen LogP contribution in [0.2, 0.25) is 5.02 Å². The van der Waals surface area contributed by atoms with Crippen LogP contribution in [0.4, 0.5) is 37.8 Å². The van der Waals surface area contributed by atoms with E-state index in [1.165, 1.54) is 43.8 Å². The Morgan fingerprint density at radius 2 is 1.81 bits per heavy atom. The van der Waals surface area contributed by atoms with E-state index in [1.54, 1.807) is 0 Å². The zero-order valence-electron chi connectivity index (χ0n) is 30.4. The van der Waals surface area contributed by atoms with E-state index in [4.69, 9.17) is 17.3 Å². The number of nitrogens with two attached hydrogens (primary N) is 1. The average molecular weight is 835 g/mol. The smallest absolute Gasteiger partial charge is 0.293 e. The van der Waals surface area contributed by atoms with Crippen molar-refractivity contribution in [2.24, 2.45) is 13.0 Å². The van der Waals surface area contributed by atoms with Crippen LogP contribution in [-0.4, -0.2) is 55.8 Å². The van der Waals surface area contributed by atoms with E-state index in [1.807, 2.05) is 0 Å². The van der Waals surface area contributed by atoms with Crippen LogP contribution in [-0.2, 0) is 40.8 Å². The molecule has 0 spiro atoms. The van der Waals surface area contributed by atoms with Gasteiger partial charge in [0.25, 0.3) is 12.3 Å². The second-order valence-electron chi connectivity index (χ2n) is 14.6. The summed E-state index contributed by atoms with van der Waals surface area (Å²) < 4.78 is 117. The molecule has 1 amide bonds. The molecule has 1 saturated carbocycles. The van der Waals surface area contributed by atoms with Crippen LogP contribution in [0.15, 0.2) is 36.4 Å². The number of rotatable bonds is 10.